The number of carbonyl (C=O) groups excluding carboxylic acids is 1. The maximum atomic E-state index is 12.5. The summed E-state index contributed by atoms with van der Waals surface area (Å²) in [5.74, 6) is -0.0925. The molecule has 1 saturated heterocycles. The van der Waals surface area contributed by atoms with Gasteiger partial charge in [0.1, 0.15) is 6.10 Å². The Morgan fingerprint density at radius 2 is 1.90 bits per heavy atom. The highest BCUT2D eigenvalue weighted by atomic mass is 79.9. The average Bonchev–Trinajstić information content (AvgIpc) is 2.73. The Labute approximate surface area is 179 Å². The molecule has 1 heterocycles. The van der Waals surface area contributed by atoms with Gasteiger partial charge in [-0.15, -0.1) is 0 Å². The smallest absolute Gasteiger partial charge is 0.233 e. The molecule has 0 bridgehead atoms. The third-order valence-electron chi connectivity index (χ3n) is 4.54. The van der Waals surface area contributed by atoms with E-state index in [1.807, 2.05) is 54.6 Å². The van der Waals surface area contributed by atoms with Crippen molar-refractivity contribution in [1.29, 1.82) is 0 Å². The molecule has 3 rings (SSSR count). The van der Waals surface area contributed by atoms with Gasteiger partial charge in [0.05, 0.1) is 13.2 Å². The van der Waals surface area contributed by atoms with Gasteiger partial charge in [0.25, 0.3) is 0 Å². The van der Waals surface area contributed by atoms with Gasteiger partial charge in [0.2, 0.25) is 15.9 Å². The topological polar surface area (TPSA) is 75.7 Å². The van der Waals surface area contributed by atoms with E-state index in [9.17, 15) is 13.2 Å². The molecule has 2 aromatic rings. The van der Waals surface area contributed by atoms with Crippen molar-refractivity contribution in [1.82, 2.24) is 9.62 Å². The van der Waals surface area contributed by atoms with E-state index in [1.165, 1.54) is 6.08 Å². The molecule has 1 unspecified atom stereocenters. The minimum absolute atomic E-state index is 0.0562. The Morgan fingerprint density at radius 3 is 2.62 bits per heavy atom. The van der Waals surface area contributed by atoms with Crippen LogP contribution in [-0.4, -0.2) is 45.5 Å². The van der Waals surface area contributed by atoms with E-state index in [0.29, 0.717) is 19.7 Å². The predicted octanol–water partition coefficient (Wildman–Crippen LogP) is 3.33. The zero-order chi connectivity index (χ0) is 20.7. The van der Waals surface area contributed by atoms with Gasteiger partial charge in [-0.2, -0.15) is 0 Å². The number of ether oxygens (including phenoxy) is 1. The number of nitrogens with zero attached hydrogens (tertiary/aromatic N) is 1. The summed E-state index contributed by atoms with van der Waals surface area (Å²) in [4.78, 5) is 14.2. The molecule has 2 aromatic carbocycles. The highest BCUT2D eigenvalue weighted by molar-refractivity contribution is 9.10. The van der Waals surface area contributed by atoms with Gasteiger partial charge in [-0.1, -0.05) is 58.4 Å². The van der Waals surface area contributed by atoms with Crippen molar-refractivity contribution in [3.05, 3.63) is 75.6 Å². The van der Waals surface area contributed by atoms with Crippen LogP contribution >= 0.6 is 15.9 Å². The van der Waals surface area contributed by atoms with E-state index in [2.05, 4.69) is 20.7 Å². The number of morpholine rings is 1. The molecule has 1 amide bonds. The summed E-state index contributed by atoms with van der Waals surface area (Å²) in [6, 6.07) is 17.0. The highest BCUT2D eigenvalue weighted by Gasteiger charge is 2.25. The van der Waals surface area contributed by atoms with Crippen LogP contribution in [-0.2, 0) is 19.6 Å². The number of hydrogen-bond donors (Lipinski definition) is 1. The second-order valence-electron chi connectivity index (χ2n) is 6.65. The molecule has 1 aliphatic rings. The molecule has 1 atom stereocenters. The molecule has 1 N–H and O–H groups in total. The molecule has 0 spiro atoms. The molecular formula is C21H23BrN2O4S. The lowest BCUT2D eigenvalue weighted by atomic mass is 10.1. The third kappa shape index (κ3) is 6.78. The lowest BCUT2D eigenvalue weighted by Crippen LogP contribution is -2.43. The largest absolute Gasteiger partial charge is 0.370 e. The van der Waals surface area contributed by atoms with Crippen LogP contribution in [0.1, 0.15) is 23.7 Å². The van der Waals surface area contributed by atoms with Gasteiger partial charge in [-0.3, -0.25) is 4.79 Å². The van der Waals surface area contributed by atoms with Gasteiger partial charge >= 0.3 is 0 Å². The zero-order valence-corrected chi connectivity index (χ0v) is 18.2. The molecule has 0 radical (unpaired) electrons. The van der Waals surface area contributed by atoms with Crippen LogP contribution in [0.15, 0.2) is 64.5 Å². The molecule has 1 aliphatic heterocycles. The first-order chi connectivity index (χ1) is 13.9. The molecule has 154 valence electrons. The number of amides is 1. The van der Waals surface area contributed by atoms with Crippen molar-refractivity contribution in [2.45, 2.75) is 12.5 Å². The fourth-order valence-electron chi connectivity index (χ4n) is 2.99. The highest BCUT2D eigenvalue weighted by Crippen LogP contribution is 2.24. The second kappa shape index (κ2) is 10.2. The van der Waals surface area contributed by atoms with Gasteiger partial charge in [0.15, 0.2) is 0 Å². The number of benzene rings is 2. The first-order valence-corrected chi connectivity index (χ1v) is 11.6. The number of halogens is 1. The number of carbonyl (C=O) groups is 1. The summed E-state index contributed by atoms with van der Waals surface area (Å²) >= 11 is 3.41. The number of sulfonamides is 1. The summed E-state index contributed by atoms with van der Waals surface area (Å²) in [6.45, 7) is 1.48. The summed E-state index contributed by atoms with van der Waals surface area (Å²) < 4.78 is 33.4. The predicted molar refractivity (Wildman–Crippen MR) is 116 cm³/mol. The lowest BCUT2D eigenvalue weighted by molar-refractivity contribution is -0.138. The number of hydrogen-bond acceptors (Lipinski definition) is 4. The lowest BCUT2D eigenvalue weighted by Gasteiger charge is -2.33. The summed E-state index contributed by atoms with van der Waals surface area (Å²) in [7, 11) is -3.59. The fourth-order valence-corrected chi connectivity index (χ4v) is 4.08. The van der Waals surface area contributed by atoms with Crippen LogP contribution in [0.2, 0.25) is 0 Å². The maximum absolute atomic E-state index is 12.5. The average molecular weight is 479 g/mol. The molecule has 29 heavy (non-hydrogen) atoms. The Hall–Kier alpha value is -2.00. The van der Waals surface area contributed by atoms with Crippen molar-refractivity contribution in [3.63, 3.8) is 0 Å². The van der Waals surface area contributed by atoms with Gasteiger partial charge in [-0.05, 0) is 29.3 Å². The zero-order valence-electron chi connectivity index (χ0n) is 15.8. The van der Waals surface area contributed by atoms with Crippen molar-refractivity contribution in [2.75, 3.05) is 26.2 Å². The minimum Gasteiger partial charge on any atom is -0.370 e. The number of nitrogens with one attached hydrogen (secondary N) is 1. The van der Waals surface area contributed by atoms with Crippen LogP contribution in [0, 0.1) is 0 Å². The standard InChI is InChI=1S/C21H23BrN2O4S/c22-19-8-6-18(7-9-19)20-16-24(13-14-28-20)21(25)10-12-23-29(26,27)15-11-17-4-2-1-3-5-17/h1-9,11,15,20,23H,10,12-14,16H2/b15-11+. The monoisotopic (exact) mass is 478 g/mol. The SMILES string of the molecule is O=C(CCNS(=O)(=O)/C=C/c1ccccc1)N1CCOC(c2ccc(Br)cc2)C1. The van der Waals surface area contributed by atoms with E-state index >= 15 is 0 Å². The normalized spacial score (nSPS) is 17.6. The Morgan fingerprint density at radius 1 is 1.17 bits per heavy atom. The van der Waals surface area contributed by atoms with Crippen molar-refractivity contribution in [2.24, 2.45) is 0 Å². The van der Waals surface area contributed by atoms with Gasteiger partial charge in [-0.25, -0.2) is 13.1 Å². The van der Waals surface area contributed by atoms with Crippen LogP contribution < -0.4 is 4.72 Å². The Bertz CT molecular complexity index is 946. The molecule has 0 saturated carbocycles. The number of rotatable bonds is 7. The molecule has 1 fully saturated rings. The summed E-state index contributed by atoms with van der Waals surface area (Å²) in [6.07, 6.45) is 1.45. The van der Waals surface area contributed by atoms with Crippen LogP contribution in [0.3, 0.4) is 0 Å². The van der Waals surface area contributed by atoms with Crippen LogP contribution in [0.25, 0.3) is 6.08 Å². The molecular weight excluding hydrogens is 456 g/mol. The van der Waals surface area contributed by atoms with Crippen molar-refractivity contribution in [3.8, 4) is 0 Å². The first kappa shape index (κ1) is 21.7. The van der Waals surface area contributed by atoms with E-state index in [4.69, 9.17) is 4.74 Å². The van der Waals surface area contributed by atoms with Crippen LogP contribution in [0.5, 0.6) is 0 Å². The molecule has 6 nitrogen and oxygen atoms in total. The fraction of sp³-hybridized carbons (Fsp3) is 0.286. The van der Waals surface area contributed by atoms with Crippen molar-refractivity contribution < 1.29 is 17.9 Å². The first-order valence-electron chi connectivity index (χ1n) is 9.30. The van der Waals surface area contributed by atoms with Gasteiger partial charge < -0.3 is 9.64 Å². The second-order valence-corrected chi connectivity index (χ2v) is 9.22. The maximum Gasteiger partial charge on any atom is 0.233 e. The summed E-state index contributed by atoms with van der Waals surface area (Å²) in [5, 5.41) is 1.12. The van der Waals surface area contributed by atoms with E-state index in [-0.39, 0.29) is 25.0 Å². The molecule has 8 heteroatoms. The summed E-state index contributed by atoms with van der Waals surface area (Å²) in [5.41, 5.74) is 1.80. The Balaban J connectivity index is 1.48. The quantitative estimate of drug-likeness (QED) is 0.661. The van der Waals surface area contributed by atoms with E-state index < -0.39 is 10.0 Å². The van der Waals surface area contributed by atoms with Gasteiger partial charge in [0, 0.05) is 29.4 Å². The third-order valence-corrected chi connectivity index (χ3v) is 6.17. The van der Waals surface area contributed by atoms with Crippen molar-refractivity contribution >= 4 is 37.9 Å². The van der Waals surface area contributed by atoms with E-state index in [1.54, 1.807) is 4.90 Å². The molecule has 0 aromatic heterocycles. The Kier molecular flexibility index (Phi) is 7.60. The minimum atomic E-state index is -3.59. The molecule has 0 aliphatic carbocycles. The van der Waals surface area contributed by atoms with E-state index in [0.717, 1.165) is 21.0 Å². The van der Waals surface area contributed by atoms with Crippen LogP contribution in [0.4, 0.5) is 0 Å².